The van der Waals surface area contributed by atoms with Crippen molar-refractivity contribution in [1.82, 2.24) is 9.55 Å². The number of hydrogen-bond donors (Lipinski definition) is 1. The van der Waals surface area contributed by atoms with Crippen LogP contribution in [0.25, 0.3) is 0 Å². The minimum absolute atomic E-state index is 0.341. The molecular formula is C11H19N3. The molecule has 1 heterocycles. The van der Waals surface area contributed by atoms with Gasteiger partial charge in [-0.05, 0) is 27.2 Å². The summed E-state index contributed by atoms with van der Waals surface area (Å²) in [6.45, 7) is 9.85. The lowest BCUT2D eigenvalue weighted by Gasteiger charge is -2.23. The molecule has 0 bridgehead atoms. The van der Waals surface area contributed by atoms with Gasteiger partial charge in [-0.1, -0.05) is 6.08 Å². The Morgan fingerprint density at radius 3 is 2.86 bits per heavy atom. The zero-order chi connectivity index (χ0) is 10.8. The second kappa shape index (κ2) is 3.96. The summed E-state index contributed by atoms with van der Waals surface area (Å²) in [5.41, 5.74) is 6.77. The number of hydrogen-bond acceptors (Lipinski definition) is 2. The predicted molar refractivity (Wildman–Crippen MR) is 59.0 cm³/mol. The fraction of sp³-hybridized carbons (Fsp3) is 0.545. The molecular weight excluding hydrogens is 174 g/mol. The Labute approximate surface area is 85.6 Å². The van der Waals surface area contributed by atoms with Gasteiger partial charge in [-0.15, -0.1) is 6.58 Å². The molecule has 0 aliphatic heterocycles. The fourth-order valence-corrected chi connectivity index (χ4v) is 1.51. The third-order valence-electron chi connectivity index (χ3n) is 2.31. The third-order valence-corrected chi connectivity index (χ3v) is 2.31. The van der Waals surface area contributed by atoms with E-state index in [9.17, 15) is 0 Å². The number of aromatic nitrogens is 2. The second-order valence-electron chi connectivity index (χ2n) is 4.28. The molecule has 14 heavy (non-hydrogen) atoms. The normalized spacial score (nSPS) is 14.0. The monoisotopic (exact) mass is 193 g/mol. The lowest BCUT2D eigenvalue weighted by atomic mass is 10.0. The summed E-state index contributed by atoms with van der Waals surface area (Å²) in [5.74, 6) is 0. The maximum Gasteiger partial charge on any atom is 0.0951 e. The van der Waals surface area contributed by atoms with Crippen molar-refractivity contribution < 1.29 is 0 Å². The van der Waals surface area contributed by atoms with E-state index >= 15 is 0 Å². The molecule has 0 radical (unpaired) electrons. The summed E-state index contributed by atoms with van der Waals surface area (Å²) in [6.07, 6.45) is 6.51. The van der Waals surface area contributed by atoms with Gasteiger partial charge in [0.25, 0.3) is 0 Å². The standard InChI is InChI=1S/C11H19N3/c1-5-6-9(2)14-8-13-7-10(14)11(3,4)12/h5,7-9H,1,6,12H2,2-4H3. The molecule has 78 valence electrons. The first-order chi connectivity index (χ1) is 6.46. The molecule has 1 rings (SSSR count). The Morgan fingerprint density at radius 1 is 1.71 bits per heavy atom. The first kappa shape index (κ1) is 11.0. The summed E-state index contributed by atoms with van der Waals surface area (Å²) in [5, 5.41) is 0. The van der Waals surface area contributed by atoms with Crippen LogP contribution < -0.4 is 5.73 Å². The lowest BCUT2D eigenvalue weighted by Crippen LogP contribution is -2.32. The molecule has 3 nitrogen and oxygen atoms in total. The highest BCUT2D eigenvalue weighted by molar-refractivity contribution is 5.11. The van der Waals surface area contributed by atoms with Crippen LogP contribution in [0.3, 0.4) is 0 Å². The summed E-state index contributed by atoms with van der Waals surface area (Å²) in [4.78, 5) is 4.14. The van der Waals surface area contributed by atoms with Crippen molar-refractivity contribution in [3.8, 4) is 0 Å². The average Bonchev–Trinajstić information content (AvgIpc) is 2.50. The van der Waals surface area contributed by atoms with E-state index in [-0.39, 0.29) is 5.54 Å². The van der Waals surface area contributed by atoms with Gasteiger partial charge in [0.05, 0.1) is 17.6 Å². The first-order valence-corrected chi connectivity index (χ1v) is 4.89. The van der Waals surface area contributed by atoms with E-state index in [1.165, 1.54) is 0 Å². The van der Waals surface area contributed by atoms with E-state index in [1.54, 1.807) is 0 Å². The van der Waals surface area contributed by atoms with Gasteiger partial charge in [0.15, 0.2) is 0 Å². The van der Waals surface area contributed by atoms with Gasteiger partial charge in [0.1, 0.15) is 0 Å². The SMILES string of the molecule is C=CCC(C)n1cncc1C(C)(C)N. The fourth-order valence-electron chi connectivity index (χ4n) is 1.51. The van der Waals surface area contributed by atoms with E-state index in [0.29, 0.717) is 6.04 Å². The van der Waals surface area contributed by atoms with Crippen LogP contribution >= 0.6 is 0 Å². The highest BCUT2D eigenvalue weighted by Gasteiger charge is 2.20. The Bertz CT molecular complexity index is 307. The van der Waals surface area contributed by atoms with Crippen LogP contribution in [-0.4, -0.2) is 9.55 Å². The van der Waals surface area contributed by atoms with Crippen LogP contribution in [0.4, 0.5) is 0 Å². The van der Waals surface area contributed by atoms with E-state index in [2.05, 4.69) is 23.1 Å². The van der Waals surface area contributed by atoms with Gasteiger partial charge in [-0.3, -0.25) is 0 Å². The molecule has 0 aromatic carbocycles. The minimum Gasteiger partial charge on any atom is -0.330 e. The number of nitrogens with zero attached hydrogens (tertiary/aromatic N) is 2. The zero-order valence-electron chi connectivity index (χ0n) is 9.20. The van der Waals surface area contributed by atoms with Gasteiger partial charge < -0.3 is 10.3 Å². The number of rotatable bonds is 4. The van der Waals surface area contributed by atoms with Gasteiger partial charge in [0, 0.05) is 12.2 Å². The quantitative estimate of drug-likeness (QED) is 0.745. The number of nitrogens with two attached hydrogens (primary N) is 1. The first-order valence-electron chi connectivity index (χ1n) is 4.89. The zero-order valence-corrected chi connectivity index (χ0v) is 9.20. The molecule has 1 unspecified atom stereocenters. The van der Waals surface area contributed by atoms with Crippen molar-refractivity contribution >= 4 is 0 Å². The van der Waals surface area contributed by atoms with Crippen molar-refractivity contribution in [2.75, 3.05) is 0 Å². The summed E-state index contributed by atoms with van der Waals surface area (Å²) in [7, 11) is 0. The molecule has 0 spiro atoms. The Morgan fingerprint density at radius 2 is 2.36 bits per heavy atom. The van der Waals surface area contributed by atoms with Gasteiger partial charge >= 0.3 is 0 Å². The van der Waals surface area contributed by atoms with E-state index in [4.69, 9.17) is 5.73 Å². The molecule has 3 heteroatoms. The molecule has 0 amide bonds. The Hall–Kier alpha value is -1.09. The average molecular weight is 193 g/mol. The Balaban J connectivity index is 2.98. The van der Waals surface area contributed by atoms with Crippen LogP contribution in [0.15, 0.2) is 25.2 Å². The summed E-state index contributed by atoms with van der Waals surface area (Å²) >= 11 is 0. The minimum atomic E-state index is -0.341. The molecule has 1 aromatic heterocycles. The molecule has 0 fully saturated rings. The number of imidazole rings is 1. The van der Waals surface area contributed by atoms with Crippen LogP contribution in [0.1, 0.15) is 38.9 Å². The second-order valence-corrected chi connectivity index (χ2v) is 4.28. The largest absolute Gasteiger partial charge is 0.330 e. The molecule has 2 N–H and O–H groups in total. The molecule has 1 aromatic rings. The van der Waals surface area contributed by atoms with Crippen LogP contribution in [-0.2, 0) is 5.54 Å². The van der Waals surface area contributed by atoms with Gasteiger partial charge in [-0.2, -0.15) is 0 Å². The van der Waals surface area contributed by atoms with E-state index < -0.39 is 0 Å². The van der Waals surface area contributed by atoms with Crippen molar-refractivity contribution in [1.29, 1.82) is 0 Å². The van der Waals surface area contributed by atoms with Crippen LogP contribution in [0.5, 0.6) is 0 Å². The smallest absolute Gasteiger partial charge is 0.0951 e. The van der Waals surface area contributed by atoms with Crippen LogP contribution in [0, 0.1) is 0 Å². The third kappa shape index (κ3) is 2.23. The predicted octanol–water partition coefficient (Wildman–Crippen LogP) is 2.21. The summed E-state index contributed by atoms with van der Waals surface area (Å²) < 4.78 is 2.11. The highest BCUT2D eigenvalue weighted by Crippen LogP contribution is 2.21. The lowest BCUT2D eigenvalue weighted by molar-refractivity contribution is 0.451. The summed E-state index contributed by atoms with van der Waals surface area (Å²) in [6, 6.07) is 0.368. The maximum absolute atomic E-state index is 6.05. The van der Waals surface area contributed by atoms with Gasteiger partial charge in [-0.25, -0.2) is 4.98 Å². The number of allylic oxidation sites excluding steroid dienone is 1. The molecule has 0 aliphatic carbocycles. The molecule has 1 atom stereocenters. The van der Waals surface area contributed by atoms with E-state index in [1.807, 2.05) is 32.4 Å². The molecule has 0 aliphatic rings. The van der Waals surface area contributed by atoms with E-state index in [0.717, 1.165) is 12.1 Å². The molecule has 0 saturated carbocycles. The molecule has 0 saturated heterocycles. The van der Waals surface area contributed by atoms with Crippen molar-refractivity contribution in [2.24, 2.45) is 5.73 Å². The van der Waals surface area contributed by atoms with Crippen LogP contribution in [0.2, 0.25) is 0 Å². The van der Waals surface area contributed by atoms with Crippen molar-refractivity contribution in [3.05, 3.63) is 30.9 Å². The maximum atomic E-state index is 6.05. The van der Waals surface area contributed by atoms with Gasteiger partial charge in [0.2, 0.25) is 0 Å². The Kier molecular flexibility index (Phi) is 3.11. The van der Waals surface area contributed by atoms with Crippen molar-refractivity contribution in [3.63, 3.8) is 0 Å². The van der Waals surface area contributed by atoms with Crippen molar-refractivity contribution in [2.45, 2.75) is 38.8 Å². The topological polar surface area (TPSA) is 43.8 Å². The highest BCUT2D eigenvalue weighted by atomic mass is 15.1.